The zero-order valence-electron chi connectivity index (χ0n) is 10.2. The van der Waals surface area contributed by atoms with Gasteiger partial charge < -0.3 is 10.4 Å². The SMILES string of the molecule is Cc1csc(C(C)Nc2ccccc2C(=O)O)n1. The Balaban J connectivity index is 2.21. The fraction of sp³-hybridized carbons (Fsp3) is 0.231. The summed E-state index contributed by atoms with van der Waals surface area (Å²) in [4.78, 5) is 15.5. The van der Waals surface area contributed by atoms with E-state index in [4.69, 9.17) is 5.11 Å². The second kappa shape index (κ2) is 5.18. The Bertz CT molecular complexity index is 566. The molecule has 1 aromatic carbocycles. The Hall–Kier alpha value is -1.88. The van der Waals surface area contributed by atoms with Gasteiger partial charge in [0.1, 0.15) is 5.01 Å². The van der Waals surface area contributed by atoms with E-state index in [1.165, 1.54) is 0 Å². The van der Waals surface area contributed by atoms with Gasteiger partial charge in [0.15, 0.2) is 0 Å². The third-order valence-corrected chi connectivity index (χ3v) is 3.68. The molecule has 0 saturated heterocycles. The zero-order chi connectivity index (χ0) is 13.1. The summed E-state index contributed by atoms with van der Waals surface area (Å²) in [5.74, 6) is -0.930. The van der Waals surface area contributed by atoms with Gasteiger partial charge in [-0.25, -0.2) is 9.78 Å². The van der Waals surface area contributed by atoms with E-state index in [1.54, 1.807) is 29.5 Å². The molecule has 0 amide bonds. The summed E-state index contributed by atoms with van der Waals surface area (Å²) in [6.07, 6.45) is 0. The molecule has 1 unspecified atom stereocenters. The fourth-order valence-corrected chi connectivity index (χ4v) is 2.47. The van der Waals surface area contributed by atoms with E-state index in [0.29, 0.717) is 5.69 Å². The molecule has 0 aliphatic carbocycles. The summed E-state index contributed by atoms with van der Waals surface area (Å²) < 4.78 is 0. The first-order valence-electron chi connectivity index (χ1n) is 5.59. The van der Waals surface area contributed by atoms with Gasteiger partial charge in [0, 0.05) is 16.8 Å². The van der Waals surface area contributed by atoms with Crippen LogP contribution in [-0.2, 0) is 0 Å². The Morgan fingerprint density at radius 2 is 2.17 bits per heavy atom. The molecular formula is C13H14N2O2S. The number of aromatic nitrogens is 1. The number of carbonyl (C=O) groups is 1. The summed E-state index contributed by atoms with van der Waals surface area (Å²) in [7, 11) is 0. The minimum absolute atomic E-state index is 0.0100. The van der Waals surface area contributed by atoms with Crippen molar-refractivity contribution in [1.29, 1.82) is 0 Å². The highest BCUT2D eigenvalue weighted by Gasteiger charge is 2.14. The molecule has 0 radical (unpaired) electrons. The number of carboxylic acids is 1. The van der Waals surface area contributed by atoms with Crippen LogP contribution in [0.3, 0.4) is 0 Å². The number of hydrogen-bond acceptors (Lipinski definition) is 4. The van der Waals surface area contributed by atoms with Crippen LogP contribution in [0.15, 0.2) is 29.6 Å². The number of hydrogen-bond donors (Lipinski definition) is 2. The summed E-state index contributed by atoms with van der Waals surface area (Å²) >= 11 is 1.57. The van der Waals surface area contributed by atoms with E-state index in [-0.39, 0.29) is 11.6 Å². The van der Waals surface area contributed by atoms with Crippen LogP contribution in [0.4, 0.5) is 5.69 Å². The highest BCUT2D eigenvalue weighted by molar-refractivity contribution is 7.09. The molecule has 4 nitrogen and oxygen atoms in total. The van der Waals surface area contributed by atoms with Gasteiger partial charge in [-0.05, 0) is 26.0 Å². The number of para-hydroxylation sites is 1. The van der Waals surface area contributed by atoms with Crippen LogP contribution in [0.25, 0.3) is 0 Å². The minimum Gasteiger partial charge on any atom is -0.478 e. The first kappa shape index (κ1) is 12.6. The molecule has 18 heavy (non-hydrogen) atoms. The molecule has 0 spiro atoms. The number of anilines is 1. The van der Waals surface area contributed by atoms with Crippen molar-refractivity contribution in [2.75, 3.05) is 5.32 Å². The van der Waals surface area contributed by atoms with Crippen LogP contribution >= 0.6 is 11.3 Å². The van der Waals surface area contributed by atoms with Crippen molar-refractivity contribution in [3.05, 3.63) is 45.9 Å². The van der Waals surface area contributed by atoms with Crippen molar-refractivity contribution in [2.24, 2.45) is 0 Å². The topological polar surface area (TPSA) is 62.2 Å². The van der Waals surface area contributed by atoms with Gasteiger partial charge in [-0.15, -0.1) is 11.3 Å². The number of carboxylic acid groups (broad SMARTS) is 1. The molecule has 1 atom stereocenters. The maximum Gasteiger partial charge on any atom is 0.337 e. The van der Waals surface area contributed by atoms with Crippen molar-refractivity contribution in [3.8, 4) is 0 Å². The molecule has 2 aromatic rings. The maximum absolute atomic E-state index is 11.1. The van der Waals surface area contributed by atoms with Crippen molar-refractivity contribution in [3.63, 3.8) is 0 Å². The van der Waals surface area contributed by atoms with E-state index in [9.17, 15) is 4.79 Å². The third-order valence-electron chi connectivity index (χ3n) is 2.54. The van der Waals surface area contributed by atoms with Gasteiger partial charge >= 0.3 is 5.97 Å². The average molecular weight is 262 g/mol. The normalized spacial score (nSPS) is 12.1. The van der Waals surface area contributed by atoms with Crippen LogP contribution < -0.4 is 5.32 Å². The first-order valence-corrected chi connectivity index (χ1v) is 6.47. The molecule has 2 rings (SSSR count). The summed E-state index contributed by atoms with van der Waals surface area (Å²) in [6, 6.07) is 6.87. The van der Waals surface area contributed by atoms with Gasteiger partial charge in [0.05, 0.1) is 11.6 Å². The number of aromatic carboxylic acids is 1. The second-order valence-corrected chi connectivity index (χ2v) is 4.93. The van der Waals surface area contributed by atoms with Crippen LogP contribution in [0.2, 0.25) is 0 Å². The lowest BCUT2D eigenvalue weighted by atomic mass is 10.1. The molecule has 0 aliphatic heterocycles. The zero-order valence-corrected chi connectivity index (χ0v) is 11.0. The van der Waals surface area contributed by atoms with E-state index in [1.807, 2.05) is 25.3 Å². The Morgan fingerprint density at radius 1 is 1.44 bits per heavy atom. The van der Waals surface area contributed by atoms with Crippen LogP contribution in [0.1, 0.15) is 34.0 Å². The van der Waals surface area contributed by atoms with Gasteiger partial charge in [0.2, 0.25) is 0 Å². The first-order chi connectivity index (χ1) is 8.58. The molecule has 5 heteroatoms. The number of benzene rings is 1. The molecule has 0 fully saturated rings. The van der Waals surface area contributed by atoms with Gasteiger partial charge in [0.25, 0.3) is 0 Å². The van der Waals surface area contributed by atoms with Crippen LogP contribution in [0.5, 0.6) is 0 Å². The van der Waals surface area contributed by atoms with E-state index < -0.39 is 5.97 Å². The largest absolute Gasteiger partial charge is 0.478 e. The monoisotopic (exact) mass is 262 g/mol. The Kier molecular flexibility index (Phi) is 3.62. The molecule has 1 aromatic heterocycles. The Morgan fingerprint density at radius 3 is 2.78 bits per heavy atom. The highest BCUT2D eigenvalue weighted by Crippen LogP contribution is 2.24. The van der Waals surface area contributed by atoms with Crippen molar-refractivity contribution in [2.45, 2.75) is 19.9 Å². The standard InChI is InChI=1S/C13H14N2O2S/c1-8-7-18-12(14-8)9(2)15-11-6-4-3-5-10(11)13(16)17/h3-7,9,15H,1-2H3,(H,16,17). The Labute approximate surface area is 109 Å². The van der Waals surface area contributed by atoms with Gasteiger partial charge in [-0.2, -0.15) is 0 Å². The summed E-state index contributed by atoms with van der Waals surface area (Å²) in [6.45, 7) is 3.91. The second-order valence-electron chi connectivity index (χ2n) is 4.04. The molecule has 0 bridgehead atoms. The minimum atomic E-state index is -0.930. The summed E-state index contributed by atoms with van der Waals surface area (Å²) in [5, 5.41) is 15.2. The summed E-state index contributed by atoms with van der Waals surface area (Å²) in [5.41, 5.74) is 1.87. The van der Waals surface area contributed by atoms with E-state index in [0.717, 1.165) is 10.7 Å². The number of aryl methyl sites for hydroxylation is 1. The van der Waals surface area contributed by atoms with Crippen LogP contribution in [-0.4, -0.2) is 16.1 Å². The average Bonchev–Trinajstić information content (AvgIpc) is 2.76. The van der Waals surface area contributed by atoms with E-state index >= 15 is 0 Å². The fourth-order valence-electron chi connectivity index (χ4n) is 1.66. The van der Waals surface area contributed by atoms with Crippen molar-refractivity contribution in [1.82, 2.24) is 4.98 Å². The van der Waals surface area contributed by atoms with Crippen molar-refractivity contribution >= 4 is 23.0 Å². The highest BCUT2D eigenvalue weighted by atomic mass is 32.1. The maximum atomic E-state index is 11.1. The molecule has 1 heterocycles. The lowest BCUT2D eigenvalue weighted by Gasteiger charge is -2.14. The smallest absolute Gasteiger partial charge is 0.337 e. The lowest BCUT2D eigenvalue weighted by Crippen LogP contribution is -2.10. The third kappa shape index (κ3) is 2.68. The van der Waals surface area contributed by atoms with Gasteiger partial charge in [-0.3, -0.25) is 0 Å². The van der Waals surface area contributed by atoms with Crippen molar-refractivity contribution < 1.29 is 9.90 Å². The predicted octanol–water partition coefficient (Wildman–Crippen LogP) is 3.32. The molecule has 94 valence electrons. The number of nitrogens with zero attached hydrogens (tertiary/aromatic N) is 1. The van der Waals surface area contributed by atoms with E-state index in [2.05, 4.69) is 10.3 Å². The molecule has 2 N–H and O–H groups in total. The number of rotatable bonds is 4. The van der Waals surface area contributed by atoms with Gasteiger partial charge in [-0.1, -0.05) is 12.1 Å². The quantitative estimate of drug-likeness (QED) is 0.887. The molecule has 0 saturated carbocycles. The number of thiazole rings is 1. The van der Waals surface area contributed by atoms with Crippen LogP contribution in [0, 0.1) is 6.92 Å². The lowest BCUT2D eigenvalue weighted by molar-refractivity contribution is 0.0698. The molecule has 0 aliphatic rings. The molecular weight excluding hydrogens is 248 g/mol. The predicted molar refractivity (Wildman–Crippen MR) is 72.3 cm³/mol. The number of nitrogens with one attached hydrogen (secondary N) is 1.